The highest BCUT2D eigenvalue weighted by molar-refractivity contribution is 7.89. The molecule has 34 heavy (non-hydrogen) atoms. The van der Waals surface area contributed by atoms with Gasteiger partial charge in [-0.2, -0.15) is 4.31 Å². The molecule has 2 aliphatic heterocycles. The Hall–Kier alpha value is -2.46. The molecule has 0 saturated carbocycles. The summed E-state index contributed by atoms with van der Waals surface area (Å²) < 4.78 is 38.1. The van der Waals surface area contributed by atoms with Gasteiger partial charge in [0, 0.05) is 26.2 Å². The number of rotatable bonds is 8. The average Bonchev–Trinajstić information content (AvgIpc) is 2.88. The lowest BCUT2D eigenvalue weighted by molar-refractivity contribution is 0.0730. The Morgan fingerprint density at radius 3 is 2.47 bits per heavy atom. The van der Waals surface area contributed by atoms with Gasteiger partial charge in [-0.1, -0.05) is 30.7 Å². The molecule has 4 rings (SSSR count). The summed E-state index contributed by atoms with van der Waals surface area (Å²) in [5, 5.41) is 2.92. The number of ether oxygens (including phenoxy) is 2. The molecule has 0 spiro atoms. The standard InChI is InChI=1S/C25H33N3O5S/c1-32-24-9-8-22(34(30,31)28-12-14-33-15-13-28)17-23(24)25(29)26-18-20-6-5-7-21(16-20)19-27-10-3-2-4-11-27/h5-9,16-17H,2-4,10-15,18-19H2,1H3,(H,26,29). The van der Waals surface area contributed by atoms with E-state index in [0.717, 1.165) is 25.2 Å². The highest BCUT2D eigenvalue weighted by atomic mass is 32.2. The molecule has 0 unspecified atom stereocenters. The lowest BCUT2D eigenvalue weighted by Gasteiger charge is -2.26. The Morgan fingerprint density at radius 2 is 1.74 bits per heavy atom. The van der Waals surface area contributed by atoms with Crippen molar-refractivity contribution >= 4 is 15.9 Å². The molecule has 0 aromatic heterocycles. The van der Waals surface area contributed by atoms with Gasteiger partial charge in [0.25, 0.3) is 5.91 Å². The minimum atomic E-state index is -3.72. The summed E-state index contributed by atoms with van der Waals surface area (Å²) in [5.74, 6) is -0.0467. The van der Waals surface area contributed by atoms with Gasteiger partial charge in [0.15, 0.2) is 0 Å². The fourth-order valence-electron chi connectivity index (χ4n) is 4.45. The molecule has 0 bridgehead atoms. The summed E-state index contributed by atoms with van der Waals surface area (Å²) >= 11 is 0. The number of nitrogens with one attached hydrogen (secondary N) is 1. The predicted octanol–water partition coefficient (Wildman–Crippen LogP) is 2.63. The summed E-state index contributed by atoms with van der Waals surface area (Å²) in [6.07, 6.45) is 3.80. The molecule has 2 saturated heterocycles. The van der Waals surface area contributed by atoms with Gasteiger partial charge >= 0.3 is 0 Å². The highest BCUT2D eigenvalue weighted by Gasteiger charge is 2.28. The van der Waals surface area contributed by atoms with Crippen LogP contribution in [0.4, 0.5) is 0 Å². The molecular formula is C25H33N3O5S. The van der Waals surface area contributed by atoms with Gasteiger partial charge in [0.2, 0.25) is 10.0 Å². The molecule has 2 aliphatic rings. The maximum atomic E-state index is 13.0. The van der Waals surface area contributed by atoms with Gasteiger partial charge in [0.1, 0.15) is 5.75 Å². The van der Waals surface area contributed by atoms with E-state index in [2.05, 4.69) is 22.3 Å². The van der Waals surface area contributed by atoms with Crippen molar-refractivity contribution in [1.82, 2.24) is 14.5 Å². The van der Waals surface area contributed by atoms with Crippen LogP contribution in [0.3, 0.4) is 0 Å². The Bertz CT molecular complexity index is 1090. The van der Waals surface area contributed by atoms with Gasteiger partial charge in [-0.25, -0.2) is 8.42 Å². The highest BCUT2D eigenvalue weighted by Crippen LogP contribution is 2.25. The number of sulfonamides is 1. The second-order valence-electron chi connectivity index (χ2n) is 8.72. The maximum absolute atomic E-state index is 13.0. The molecule has 0 aliphatic carbocycles. The van der Waals surface area contributed by atoms with E-state index >= 15 is 0 Å². The van der Waals surface area contributed by atoms with Crippen molar-refractivity contribution in [2.24, 2.45) is 0 Å². The van der Waals surface area contributed by atoms with Crippen LogP contribution in [0.15, 0.2) is 47.4 Å². The topological polar surface area (TPSA) is 88.2 Å². The van der Waals surface area contributed by atoms with E-state index in [1.54, 1.807) is 0 Å². The number of piperidine rings is 1. The quantitative estimate of drug-likeness (QED) is 0.616. The number of carbonyl (C=O) groups is 1. The molecule has 0 radical (unpaired) electrons. The Kier molecular flexibility index (Phi) is 8.20. The van der Waals surface area contributed by atoms with Crippen LogP contribution in [0.5, 0.6) is 5.75 Å². The van der Waals surface area contributed by atoms with Crippen molar-refractivity contribution in [3.05, 3.63) is 59.2 Å². The van der Waals surface area contributed by atoms with E-state index < -0.39 is 10.0 Å². The molecule has 184 valence electrons. The number of morpholine rings is 1. The minimum absolute atomic E-state index is 0.0730. The zero-order valence-corrected chi connectivity index (χ0v) is 20.5. The summed E-state index contributed by atoms with van der Waals surface area (Å²) in [7, 11) is -2.25. The van der Waals surface area contributed by atoms with E-state index in [9.17, 15) is 13.2 Å². The summed E-state index contributed by atoms with van der Waals surface area (Å²) in [4.78, 5) is 15.6. The van der Waals surface area contributed by atoms with Crippen molar-refractivity contribution < 1.29 is 22.7 Å². The number of likely N-dealkylation sites (tertiary alicyclic amines) is 1. The van der Waals surface area contributed by atoms with Crippen molar-refractivity contribution in [2.75, 3.05) is 46.5 Å². The molecule has 2 fully saturated rings. The Morgan fingerprint density at radius 1 is 1.00 bits per heavy atom. The van der Waals surface area contributed by atoms with Crippen LogP contribution in [0.2, 0.25) is 0 Å². The number of carbonyl (C=O) groups excluding carboxylic acids is 1. The van der Waals surface area contributed by atoms with Gasteiger partial charge in [-0.15, -0.1) is 0 Å². The fraction of sp³-hybridized carbons (Fsp3) is 0.480. The molecule has 2 aromatic carbocycles. The van der Waals surface area contributed by atoms with Crippen LogP contribution in [0, 0.1) is 0 Å². The molecular weight excluding hydrogens is 454 g/mol. The second-order valence-corrected chi connectivity index (χ2v) is 10.7. The Labute approximate surface area is 201 Å². The van der Waals surface area contributed by atoms with Crippen LogP contribution in [-0.2, 0) is 27.8 Å². The molecule has 2 heterocycles. The first-order chi connectivity index (χ1) is 16.5. The zero-order chi connectivity index (χ0) is 24.0. The number of benzene rings is 2. The first-order valence-corrected chi connectivity index (χ1v) is 13.3. The third kappa shape index (κ3) is 5.96. The van der Waals surface area contributed by atoms with Crippen molar-refractivity contribution in [3.8, 4) is 5.75 Å². The van der Waals surface area contributed by atoms with Crippen molar-refractivity contribution in [3.63, 3.8) is 0 Å². The number of nitrogens with zero attached hydrogens (tertiary/aromatic N) is 2. The van der Waals surface area contributed by atoms with E-state index in [-0.39, 0.29) is 16.4 Å². The predicted molar refractivity (Wildman–Crippen MR) is 129 cm³/mol. The largest absolute Gasteiger partial charge is 0.496 e. The maximum Gasteiger partial charge on any atom is 0.255 e. The molecule has 0 atom stereocenters. The monoisotopic (exact) mass is 487 g/mol. The number of methoxy groups -OCH3 is 1. The van der Waals surface area contributed by atoms with Crippen LogP contribution >= 0.6 is 0 Å². The van der Waals surface area contributed by atoms with Gasteiger partial charge < -0.3 is 14.8 Å². The van der Waals surface area contributed by atoms with Gasteiger partial charge in [-0.3, -0.25) is 9.69 Å². The van der Waals surface area contributed by atoms with Crippen molar-refractivity contribution in [2.45, 2.75) is 37.2 Å². The SMILES string of the molecule is COc1ccc(S(=O)(=O)N2CCOCC2)cc1C(=O)NCc1cccc(CN2CCCCC2)c1. The van der Waals surface area contributed by atoms with Crippen LogP contribution in [0.1, 0.15) is 40.7 Å². The third-order valence-electron chi connectivity index (χ3n) is 6.32. The third-order valence-corrected chi connectivity index (χ3v) is 8.22. The number of amides is 1. The minimum Gasteiger partial charge on any atom is -0.496 e. The number of hydrogen-bond acceptors (Lipinski definition) is 6. The normalized spacial score (nSPS) is 17.9. The van der Waals surface area contributed by atoms with E-state index in [1.165, 1.54) is 54.4 Å². The van der Waals surface area contributed by atoms with E-state index in [0.29, 0.717) is 38.6 Å². The summed E-state index contributed by atoms with van der Waals surface area (Å²) in [5.41, 5.74) is 2.42. The van der Waals surface area contributed by atoms with Crippen LogP contribution in [0.25, 0.3) is 0 Å². The van der Waals surface area contributed by atoms with Gasteiger partial charge in [-0.05, 0) is 55.3 Å². The smallest absolute Gasteiger partial charge is 0.255 e. The van der Waals surface area contributed by atoms with Crippen molar-refractivity contribution in [1.29, 1.82) is 0 Å². The Balaban J connectivity index is 1.45. The van der Waals surface area contributed by atoms with Crippen LogP contribution < -0.4 is 10.1 Å². The zero-order valence-electron chi connectivity index (χ0n) is 19.7. The average molecular weight is 488 g/mol. The molecule has 1 N–H and O–H groups in total. The molecule has 2 aromatic rings. The van der Waals surface area contributed by atoms with Crippen LogP contribution in [-0.4, -0.2) is 70.0 Å². The van der Waals surface area contributed by atoms with E-state index in [1.807, 2.05) is 12.1 Å². The second kappa shape index (κ2) is 11.3. The first-order valence-electron chi connectivity index (χ1n) is 11.8. The van der Waals surface area contributed by atoms with E-state index in [4.69, 9.17) is 9.47 Å². The summed E-state index contributed by atoms with van der Waals surface area (Å²) in [6, 6.07) is 12.6. The summed E-state index contributed by atoms with van der Waals surface area (Å²) in [6.45, 7) is 4.83. The lowest BCUT2D eigenvalue weighted by atomic mass is 10.1. The number of hydrogen-bond donors (Lipinski definition) is 1. The van der Waals surface area contributed by atoms with Gasteiger partial charge in [0.05, 0.1) is 30.8 Å². The fourth-order valence-corrected chi connectivity index (χ4v) is 5.89. The molecule has 1 amide bonds. The molecule has 9 heteroatoms. The molecule has 8 nitrogen and oxygen atoms in total. The lowest BCUT2D eigenvalue weighted by Crippen LogP contribution is -2.40. The first kappa shape index (κ1) is 24.7.